The van der Waals surface area contributed by atoms with Gasteiger partial charge in [-0.1, -0.05) is 25.5 Å². The molecule has 0 radical (unpaired) electrons. The lowest BCUT2D eigenvalue weighted by atomic mass is 9.58. The molecule has 0 spiro atoms. The minimum atomic E-state index is 0.235. The quantitative estimate of drug-likeness (QED) is 0.518. The molecule has 13 heavy (non-hydrogen) atoms. The zero-order valence-corrected chi connectivity index (χ0v) is 8.12. The summed E-state index contributed by atoms with van der Waals surface area (Å²) in [6, 6.07) is 0. The number of hydrogen-bond acceptors (Lipinski definition) is 1. The van der Waals surface area contributed by atoms with E-state index >= 15 is 0 Å². The van der Waals surface area contributed by atoms with Crippen LogP contribution in [0.25, 0.3) is 0 Å². The summed E-state index contributed by atoms with van der Waals surface area (Å²) in [5.74, 6) is 1.93. The fourth-order valence-corrected chi connectivity index (χ4v) is 3.69. The first-order chi connectivity index (χ1) is 6.21. The molecule has 0 aromatic rings. The molecule has 2 saturated carbocycles. The third-order valence-electron chi connectivity index (χ3n) is 4.43. The summed E-state index contributed by atoms with van der Waals surface area (Å²) in [7, 11) is 0. The zero-order valence-electron chi connectivity index (χ0n) is 8.12. The maximum absolute atomic E-state index is 12.0. The molecule has 0 amide bonds. The van der Waals surface area contributed by atoms with Gasteiger partial charge in [-0.05, 0) is 30.6 Å². The van der Waals surface area contributed by atoms with Gasteiger partial charge in [0.1, 0.15) is 5.78 Å². The maximum Gasteiger partial charge on any atom is 0.140 e. The van der Waals surface area contributed by atoms with E-state index in [9.17, 15) is 4.79 Å². The van der Waals surface area contributed by atoms with Gasteiger partial charge in [-0.25, -0.2) is 0 Å². The monoisotopic (exact) mass is 176 g/mol. The van der Waals surface area contributed by atoms with Gasteiger partial charge in [0.2, 0.25) is 0 Å². The summed E-state index contributed by atoms with van der Waals surface area (Å²) < 4.78 is 0. The van der Waals surface area contributed by atoms with Gasteiger partial charge in [-0.3, -0.25) is 4.79 Å². The average molecular weight is 176 g/mol. The molecule has 2 fully saturated rings. The Balaban J connectivity index is 2.07. The van der Waals surface area contributed by atoms with Gasteiger partial charge >= 0.3 is 0 Å². The highest BCUT2D eigenvalue weighted by Gasteiger charge is 2.52. The van der Waals surface area contributed by atoms with E-state index in [-0.39, 0.29) is 5.41 Å². The number of Topliss-reactive ketones (excluding diaryl/α,β-unsaturated/α-hetero) is 1. The SMILES string of the molecule is C[C@]12C=C[C@H](C1)[C@H]1CCC[C@@H]2C1=O. The van der Waals surface area contributed by atoms with E-state index in [2.05, 4.69) is 19.1 Å². The Morgan fingerprint density at radius 2 is 2.31 bits per heavy atom. The molecule has 0 heterocycles. The van der Waals surface area contributed by atoms with Crippen LogP contribution in [-0.2, 0) is 4.79 Å². The van der Waals surface area contributed by atoms with Crippen molar-refractivity contribution in [3.63, 3.8) is 0 Å². The molecule has 0 saturated heterocycles. The lowest BCUT2D eigenvalue weighted by Crippen LogP contribution is -2.44. The van der Waals surface area contributed by atoms with Gasteiger partial charge in [-0.2, -0.15) is 0 Å². The summed E-state index contributed by atoms with van der Waals surface area (Å²) in [5, 5.41) is 0. The van der Waals surface area contributed by atoms with Crippen LogP contribution >= 0.6 is 0 Å². The van der Waals surface area contributed by atoms with Crippen molar-refractivity contribution in [3.8, 4) is 0 Å². The first-order valence-electron chi connectivity index (χ1n) is 5.44. The van der Waals surface area contributed by atoms with Crippen LogP contribution in [0, 0.1) is 23.2 Å². The molecule has 0 unspecified atom stereocenters. The van der Waals surface area contributed by atoms with Crippen molar-refractivity contribution in [1.82, 2.24) is 0 Å². The Bertz CT molecular complexity index is 291. The van der Waals surface area contributed by atoms with E-state index in [1.54, 1.807) is 0 Å². The molecule has 0 aromatic heterocycles. The van der Waals surface area contributed by atoms with Crippen LogP contribution in [0.3, 0.4) is 0 Å². The van der Waals surface area contributed by atoms with Gasteiger partial charge in [0.05, 0.1) is 0 Å². The molecule has 3 aliphatic rings. The van der Waals surface area contributed by atoms with Gasteiger partial charge in [0.25, 0.3) is 0 Å². The molecular formula is C12H16O. The van der Waals surface area contributed by atoms with E-state index in [0.29, 0.717) is 23.5 Å². The highest BCUT2D eigenvalue weighted by atomic mass is 16.1. The third kappa shape index (κ3) is 0.853. The molecule has 0 N–H and O–H groups in total. The van der Waals surface area contributed by atoms with E-state index in [1.165, 1.54) is 12.8 Å². The smallest absolute Gasteiger partial charge is 0.140 e. The fraction of sp³-hybridized carbons (Fsp3) is 0.750. The van der Waals surface area contributed by atoms with Crippen LogP contribution in [0.15, 0.2) is 12.2 Å². The van der Waals surface area contributed by atoms with Crippen molar-refractivity contribution in [2.24, 2.45) is 23.2 Å². The summed E-state index contributed by atoms with van der Waals surface area (Å²) in [5.41, 5.74) is 0.235. The standard InChI is InChI=1S/C12H16O/c1-12-6-5-8(7-12)9-3-2-4-10(12)11(9)13/h5-6,8-10H,2-4,7H2,1H3/t8-,9-,10-,12+/m1/s1. The van der Waals surface area contributed by atoms with Crippen molar-refractivity contribution in [2.75, 3.05) is 0 Å². The minimum Gasteiger partial charge on any atom is -0.299 e. The van der Waals surface area contributed by atoms with Gasteiger partial charge in [0.15, 0.2) is 0 Å². The number of fused-ring (bicyclic) bond motifs is 6. The molecule has 4 bridgehead atoms. The Morgan fingerprint density at radius 3 is 3.15 bits per heavy atom. The van der Waals surface area contributed by atoms with Crippen molar-refractivity contribution in [3.05, 3.63) is 12.2 Å². The van der Waals surface area contributed by atoms with Crippen molar-refractivity contribution < 1.29 is 4.79 Å². The van der Waals surface area contributed by atoms with Crippen LogP contribution in [0.1, 0.15) is 32.6 Å². The number of carbonyl (C=O) groups excluding carboxylic acids is 1. The molecule has 4 atom stereocenters. The summed E-state index contributed by atoms with van der Waals surface area (Å²) in [4.78, 5) is 12.0. The number of carbonyl (C=O) groups is 1. The van der Waals surface area contributed by atoms with Crippen LogP contribution < -0.4 is 0 Å². The summed E-state index contributed by atoms with van der Waals surface area (Å²) >= 11 is 0. The first-order valence-corrected chi connectivity index (χ1v) is 5.44. The topological polar surface area (TPSA) is 17.1 Å². The highest BCUT2D eigenvalue weighted by molar-refractivity contribution is 5.87. The van der Waals surface area contributed by atoms with Crippen molar-refractivity contribution >= 4 is 5.78 Å². The minimum absolute atomic E-state index is 0.235. The summed E-state index contributed by atoms with van der Waals surface area (Å²) in [6.45, 7) is 2.27. The molecular weight excluding hydrogens is 160 g/mol. The molecule has 0 aliphatic heterocycles. The molecule has 1 nitrogen and oxygen atoms in total. The second-order valence-electron chi connectivity index (χ2n) is 5.23. The van der Waals surface area contributed by atoms with Crippen molar-refractivity contribution in [2.45, 2.75) is 32.6 Å². The van der Waals surface area contributed by atoms with E-state index < -0.39 is 0 Å². The lowest BCUT2D eigenvalue weighted by molar-refractivity contribution is -0.138. The van der Waals surface area contributed by atoms with E-state index in [1.807, 2.05) is 0 Å². The number of hydrogen-bond donors (Lipinski definition) is 0. The van der Waals surface area contributed by atoms with Crippen molar-refractivity contribution in [1.29, 1.82) is 0 Å². The first kappa shape index (κ1) is 7.78. The van der Waals surface area contributed by atoms with Gasteiger partial charge in [0, 0.05) is 11.8 Å². The Kier molecular flexibility index (Phi) is 1.35. The molecule has 3 aliphatic carbocycles. The highest BCUT2D eigenvalue weighted by Crippen LogP contribution is 2.55. The third-order valence-corrected chi connectivity index (χ3v) is 4.43. The molecule has 3 rings (SSSR count). The number of ketones is 1. The normalized spacial score (nSPS) is 52.7. The van der Waals surface area contributed by atoms with Crippen LogP contribution in [0.5, 0.6) is 0 Å². The summed E-state index contributed by atoms with van der Waals surface area (Å²) in [6.07, 6.45) is 9.45. The number of allylic oxidation sites excluding steroid dienone is 2. The van der Waals surface area contributed by atoms with Gasteiger partial charge in [-0.15, -0.1) is 0 Å². The van der Waals surface area contributed by atoms with Crippen LogP contribution in [0.2, 0.25) is 0 Å². The number of rotatable bonds is 0. The molecule has 0 aromatic carbocycles. The molecule has 70 valence electrons. The Labute approximate surface area is 79.2 Å². The van der Waals surface area contributed by atoms with Crippen LogP contribution in [-0.4, -0.2) is 5.78 Å². The average Bonchev–Trinajstić information content (AvgIpc) is 2.45. The largest absolute Gasteiger partial charge is 0.299 e. The maximum atomic E-state index is 12.0. The van der Waals surface area contributed by atoms with Gasteiger partial charge < -0.3 is 0 Å². The predicted octanol–water partition coefficient (Wildman–Crippen LogP) is 2.57. The second-order valence-corrected chi connectivity index (χ2v) is 5.23. The van der Waals surface area contributed by atoms with Crippen LogP contribution in [0.4, 0.5) is 0 Å². The fourth-order valence-electron chi connectivity index (χ4n) is 3.69. The zero-order chi connectivity index (χ0) is 9.05. The predicted molar refractivity (Wildman–Crippen MR) is 51.2 cm³/mol. The molecule has 1 heteroatoms. The van der Waals surface area contributed by atoms with E-state index in [0.717, 1.165) is 12.8 Å². The van der Waals surface area contributed by atoms with E-state index in [4.69, 9.17) is 0 Å². The Morgan fingerprint density at radius 1 is 1.46 bits per heavy atom. The second kappa shape index (κ2) is 2.26. The Hall–Kier alpha value is -0.590. The lowest BCUT2D eigenvalue weighted by Gasteiger charge is -2.44.